The maximum absolute atomic E-state index is 11.5. The Balaban J connectivity index is 2.31. The Morgan fingerprint density at radius 2 is 1.88 bits per heavy atom. The molecule has 0 radical (unpaired) electrons. The number of hydrogen-bond donors (Lipinski definition) is 2. The van der Waals surface area contributed by atoms with Crippen LogP contribution in [0.15, 0.2) is 36.4 Å². The Morgan fingerprint density at radius 3 is 2.52 bits per heavy atom. The van der Waals surface area contributed by atoms with E-state index in [0.717, 1.165) is 22.0 Å². The zero-order valence-electron chi connectivity index (χ0n) is 14.3. The van der Waals surface area contributed by atoms with Crippen LogP contribution in [0.25, 0.3) is 22.2 Å². The number of hydrogen-bond acceptors (Lipinski definition) is 1. The van der Waals surface area contributed by atoms with Crippen LogP contribution in [0.1, 0.15) is 31.9 Å². The topological polar surface area (TPSA) is 53.1 Å². The van der Waals surface area contributed by atoms with Gasteiger partial charge in [0.05, 0.1) is 22.2 Å². The molecule has 2 N–H and O–H groups in total. The lowest BCUT2D eigenvalue weighted by Gasteiger charge is -2.19. The lowest BCUT2D eigenvalue weighted by Crippen LogP contribution is -2.10. The molecule has 0 saturated heterocycles. The normalized spacial score (nSPS) is 11.9. The van der Waals surface area contributed by atoms with E-state index in [2.05, 4.69) is 37.9 Å². The maximum Gasteiger partial charge on any atom is 0.307 e. The number of aliphatic carboxylic acids is 1. The molecule has 0 spiro atoms. The molecule has 1 heterocycles. The van der Waals surface area contributed by atoms with Gasteiger partial charge in [0, 0.05) is 16.5 Å². The molecule has 1 aromatic heterocycles. The van der Waals surface area contributed by atoms with Gasteiger partial charge in [0.1, 0.15) is 0 Å². The zero-order chi connectivity index (χ0) is 18.4. The van der Waals surface area contributed by atoms with Crippen molar-refractivity contribution in [3.05, 3.63) is 57.6 Å². The molecule has 130 valence electrons. The average Bonchev–Trinajstić information content (AvgIpc) is 2.86. The number of H-pyrrole nitrogens is 1. The van der Waals surface area contributed by atoms with Gasteiger partial charge in [0.2, 0.25) is 0 Å². The summed E-state index contributed by atoms with van der Waals surface area (Å²) in [4.78, 5) is 14.8. The summed E-state index contributed by atoms with van der Waals surface area (Å²) in [6.07, 6.45) is -0.0915. The molecule has 2 aromatic carbocycles. The number of halogens is 2. The smallest absolute Gasteiger partial charge is 0.307 e. The number of aromatic amines is 1. The molecule has 0 amide bonds. The highest BCUT2D eigenvalue weighted by Gasteiger charge is 2.21. The predicted octanol–water partition coefficient (Wildman–Crippen LogP) is 6.07. The van der Waals surface area contributed by atoms with Gasteiger partial charge in [0.15, 0.2) is 0 Å². The highest BCUT2D eigenvalue weighted by atomic mass is 35.5. The molecule has 0 aliphatic heterocycles. The molecular weight excluding hydrogens is 357 g/mol. The molecule has 3 nitrogen and oxygen atoms in total. The van der Waals surface area contributed by atoms with Crippen molar-refractivity contribution in [3.8, 4) is 11.3 Å². The van der Waals surface area contributed by atoms with Crippen LogP contribution in [0.3, 0.4) is 0 Å². The molecule has 0 aliphatic carbocycles. The van der Waals surface area contributed by atoms with E-state index in [0.29, 0.717) is 21.3 Å². The second kappa shape index (κ2) is 6.40. The largest absolute Gasteiger partial charge is 0.481 e. The van der Waals surface area contributed by atoms with E-state index in [1.54, 1.807) is 12.1 Å². The van der Waals surface area contributed by atoms with E-state index in [4.69, 9.17) is 23.2 Å². The fourth-order valence-corrected chi connectivity index (χ4v) is 3.37. The minimum atomic E-state index is -0.888. The summed E-state index contributed by atoms with van der Waals surface area (Å²) >= 11 is 12.5. The lowest BCUT2D eigenvalue weighted by molar-refractivity contribution is -0.136. The minimum absolute atomic E-state index is 0.0280. The molecule has 0 aliphatic rings. The molecule has 3 rings (SSSR count). The number of fused-ring (bicyclic) bond motifs is 1. The fraction of sp³-hybridized carbons (Fsp3) is 0.250. The molecule has 5 heteroatoms. The Labute approximate surface area is 156 Å². The van der Waals surface area contributed by atoms with E-state index in [-0.39, 0.29) is 11.8 Å². The van der Waals surface area contributed by atoms with E-state index >= 15 is 0 Å². The number of carboxylic acids is 1. The van der Waals surface area contributed by atoms with Crippen molar-refractivity contribution in [2.75, 3.05) is 0 Å². The summed E-state index contributed by atoms with van der Waals surface area (Å²) in [6.45, 7) is 6.39. The predicted molar refractivity (Wildman–Crippen MR) is 104 cm³/mol. The number of carboxylic acid groups (broad SMARTS) is 1. The number of benzene rings is 2. The monoisotopic (exact) mass is 375 g/mol. The molecule has 0 atom stereocenters. The molecule has 0 fully saturated rings. The second-order valence-corrected chi connectivity index (χ2v) is 7.95. The Morgan fingerprint density at radius 1 is 1.16 bits per heavy atom. The van der Waals surface area contributed by atoms with Crippen LogP contribution in [0.2, 0.25) is 10.0 Å². The molecule has 0 unspecified atom stereocenters. The Bertz CT molecular complexity index is 968. The van der Waals surface area contributed by atoms with Crippen molar-refractivity contribution >= 4 is 40.1 Å². The van der Waals surface area contributed by atoms with Gasteiger partial charge < -0.3 is 10.1 Å². The molecule has 0 saturated carbocycles. The van der Waals surface area contributed by atoms with Crippen molar-refractivity contribution in [2.24, 2.45) is 0 Å². The van der Waals surface area contributed by atoms with Crippen LogP contribution in [0, 0.1) is 0 Å². The van der Waals surface area contributed by atoms with Crippen LogP contribution in [0.4, 0.5) is 0 Å². The van der Waals surface area contributed by atoms with E-state index in [1.807, 2.05) is 12.1 Å². The highest BCUT2D eigenvalue weighted by Crippen LogP contribution is 2.39. The number of aromatic nitrogens is 1. The van der Waals surface area contributed by atoms with E-state index < -0.39 is 5.97 Å². The van der Waals surface area contributed by atoms with Crippen molar-refractivity contribution in [2.45, 2.75) is 32.6 Å². The van der Waals surface area contributed by atoms with Gasteiger partial charge in [-0.3, -0.25) is 4.79 Å². The van der Waals surface area contributed by atoms with Crippen LogP contribution in [-0.4, -0.2) is 16.1 Å². The van der Waals surface area contributed by atoms with Crippen LogP contribution >= 0.6 is 23.2 Å². The first-order valence-electron chi connectivity index (χ1n) is 7.99. The van der Waals surface area contributed by atoms with Crippen LogP contribution in [0.5, 0.6) is 0 Å². The van der Waals surface area contributed by atoms with Gasteiger partial charge in [-0.2, -0.15) is 0 Å². The third kappa shape index (κ3) is 3.39. The molecule has 25 heavy (non-hydrogen) atoms. The maximum atomic E-state index is 11.5. The molecular formula is C20H19Cl2NO2. The first-order chi connectivity index (χ1) is 11.7. The van der Waals surface area contributed by atoms with Gasteiger partial charge in [-0.05, 0) is 34.7 Å². The quantitative estimate of drug-likeness (QED) is 0.583. The number of carbonyl (C=O) groups is 1. The lowest BCUT2D eigenvalue weighted by atomic mass is 9.86. The third-order valence-corrected chi connectivity index (χ3v) is 5.14. The SMILES string of the molecule is CC(C)(C)c1ccc2[nH]c(-c3cccc(Cl)c3Cl)c(CC(=O)O)c2c1. The highest BCUT2D eigenvalue weighted by molar-refractivity contribution is 6.43. The van der Waals surface area contributed by atoms with Crippen molar-refractivity contribution in [1.29, 1.82) is 0 Å². The van der Waals surface area contributed by atoms with Crippen molar-refractivity contribution < 1.29 is 9.90 Å². The summed E-state index contributed by atoms with van der Waals surface area (Å²) in [5.41, 5.74) is 4.14. The van der Waals surface area contributed by atoms with Gasteiger partial charge in [-0.25, -0.2) is 0 Å². The number of nitrogens with one attached hydrogen (secondary N) is 1. The summed E-state index contributed by atoms with van der Waals surface area (Å²) in [6, 6.07) is 11.5. The third-order valence-electron chi connectivity index (χ3n) is 4.32. The van der Waals surface area contributed by atoms with Crippen LogP contribution < -0.4 is 0 Å². The number of rotatable bonds is 3. The van der Waals surface area contributed by atoms with E-state index in [1.165, 1.54) is 0 Å². The zero-order valence-corrected chi connectivity index (χ0v) is 15.8. The fourth-order valence-electron chi connectivity index (χ4n) is 2.98. The minimum Gasteiger partial charge on any atom is -0.481 e. The Hall–Kier alpha value is -1.97. The molecule has 0 bridgehead atoms. The van der Waals surface area contributed by atoms with Gasteiger partial charge in [0.25, 0.3) is 0 Å². The second-order valence-electron chi connectivity index (χ2n) is 7.16. The van der Waals surface area contributed by atoms with E-state index in [9.17, 15) is 9.90 Å². The summed E-state index contributed by atoms with van der Waals surface area (Å²) < 4.78 is 0. The van der Waals surface area contributed by atoms with Crippen molar-refractivity contribution in [1.82, 2.24) is 4.98 Å². The van der Waals surface area contributed by atoms with Crippen LogP contribution in [-0.2, 0) is 16.6 Å². The van der Waals surface area contributed by atoms with Crippen molar-refractivity contribution in [3.63, 3.8) is 0 Å². The first-order valence-corrected chi connectivity index (χ1v) is 8.75. The summed E-state index contributed by atoms with van der Waals surface area (Å²) in [5.74, 6) is -0.888. The average molecular weight is 376 g/mol. The van der Waals surface area contributed by atoms with Gasteiger partial charge in [-0.1, -0.05) is 62.2 Å². The van der Waals surface area contributed by atoms with Gasteiger partial charge in [-0.15, -0.1) is 0 Å². The summed E-state index contributed by atoms with van der Waals surface area (Å²) in [7, 11) is 0. The Kier molecular flexibility index (Phi) is 4.56. The standard InChI is InChI=1S/C20H19Cl2NO2/c1-20(2,3)11-7-8-16-13(9-11)14(10-17(24)25)19(23-16)12-5-4-6-15(21)18(12)22/h4-9,23H,10H2,1-3H3,(H,24,25). The molecule has 3 aromatic rings. The summed E-state index contributed by atoms with van der Waals surface area (Å²) in [5, 5.41) is 11.2. The first kappa shape index (κ1) is 17.8. The van der Waals surface area contributed by atoms with Gasteiger partial charge >= 0.3 is 5.97 Å².